The van der Waals surface area contributed by atoms with Crippen molar-refractivity contribution < 1.29 is 9.21 Å². The summed E-state index contributed by atoms with van der Waals surface area (Å²) in [6.45, 7) is 9.03. The molecule has 1 saturated heterocycles. The number of amides is 1. The first-order chi connectivity index (χ1) is 14.5. The third kappa shape index (κ3) is 4.76. The molecule has 3 aromatic rings. The predicted octanol–water partition coefficient (Wildman–Crippen LogP) is 3.66. The Balaban J connectivity index is 1.54. The summed E-state index contributed by atoms with van der Waals surface area (Å²) in [5.74, 6) is 2.74. The molecule has 1 aliphatic rings. The van der Waals surface area contributed by atoms with Crippen molar-refractivity contribution in [3.8, 4) is 17.4 Å². The topological polar surface area (TPSA) is 89.1 Å². The lowest BCUT2D eigenvalue weighted by Crippen LogP contribution is -2.22. The van der Waals surface area contributed by atoms with Crippen molar-refractivity contribution in [3.63, 3.8) is 0 Å². The van der Waals surface area contributed by atoms with E-state index in [0.717, 1.165) is 43.2 Å². The summed E-state index contributed by atoms with van der Waals surface area (Å²) in [4.78, 5) is 24.1. The smallest absolute Gasteiger partial charge is 0.225 e. The molecular weight excluding hydrogens is 380 g/mol. The van der Waals surface area contributed by atoms with Crippen molar-refractivity contribution >= 4 is 11.7 Å². The summed E-state index contributed by atoms with van der Waals surface area (Å²) in [7, 11) is 0. The third-order valence-corrected chi connectivity index (χ3v) is 5.24. The van der Waals surface area contributed by atoms with Gasteiger partial charge in [0.25, 0.3) is 0 Å². The highest BCUT2D eigenvalue weighted by Crippen LogP contribution is 2.23. The molecule has 0 radical (unpaired) electrons. The summed E-state index contributed by atoms with van der Waals surface area (Å²) in [5.41, 5.74) is 1.85. The maximum atomic E-state index is 12.5. The van der Waals surface area contributed by atoms with E-state index < -0.39 is 0 Å². The lowest BCUT2D eigenvalue weighted by molar-refractivity contribution is -0.116. The monoisotopic (exact) mass is 408 g/mol. The van der Waals surface area contributed by atoms with E-state index in [1.165, 1.54) is 12.8 Å². The second kappa shape index (κ2) is 8.79. The van der Waals surface area contributed by atoms with Crippen LogP contribution in [0.25, 0.3) is 17.4 Å². The number of hydrogen-bond acceptors (Lipinski definition) is 6. The molecule has 0 aliphatic carbocycles. The van der Waals surface area contributed by atoms with Crippen LogP contribution >= 0.6 is 0 Å². The van der Waals surface area contributed by atoms with Crippen molar-refractivity contribution in [2.45, 2.75) is 46.5 Å². The molecule has 0 aromatic carbocycles. The second-order valence-corrected chi connectivity index (χ2v) is 7.88. The molecule has 1 amide bonds. The van der Waals surface area contributed by atoms with Crippen LogP contribution in [0.3, 0.4) is 0 Å². The van der Waals surface area contributed by atoms with Gasteiger partial charge < -0.3 is 14.6 Å². The number of carbonyl (C=O) groups is 1. The zero-order valence-corrected chi connectivity index (χ0v) is 17.8. The standard InChI is InChI=1S/C22H28N6O2/c1-15-13-16(2)28(26-15)20-14-19(24-22(25-20)18-9-8-17(3)30-18)23-21(29)7-6-12-27-10-4-5-11-27/h8-9,13-14H,4-7,10-12H2,1-3H3,(H,23,24,25,29). The Kier molecular flexibility index (Phi) is 5.94. The van der Waals surface area contributed by atoms with Gasteiger partial charge in [0.15, 0.2) is 17.4 Å². The number of anilines is 1. The molecule has 3 aromatic heterocycles. The Morgan fingerprint density at radius 1 is 1.13 bits per heavy atom. The quantitative estimate of drug-likeness (QED) is 0.642. The first-order valence-corrected chi connectivity index (χ1v) is 10.5. The van der Waals surface area contributed by atoms with Gasteiger partial charge in [-0.2, -0.15) is 5.10 Å². The van der Waals surface area contributed by atoms with E-state index in [-0.39, 0.29) is 5.91 Å². The average molecular weight is 409 g/mol. The fourth-order valence-corrected chi connectivity index (χ4v) is 3.81. The van der Waals surface area contributed by atoms with Gasteiger partial charge in [-0.05, 0) is 77.9 Å². The van der Waals surface area contributed by atoms with Gasteiger partial charge in [0.1, 0.15) is 11.6 Å². The molecule has 1 N–H and O–H groups in total. The van der Waals surface area contributed by atoms with Crippen LogP contribution in [0, 0.1) is 20.8 Å². The highest BCUT2D eigenvalue weighted by atomic mass is 16.3. The van der Waals surface area contributed by atoms with E-state index >= 15 is 0 Å². The second-order valence-electron chi connectivity index (χ2n) is 7.88. The van der Waals surface area contributed by atoms with Crippen molar-refractivity contribution in [2.75, 3.05) is 25.0 Å². The molecule has 0 atom stereocenters. The predicted molar refractivity (Wildman–Crippen MR) is 115 cm³/mol. The molecule has 0 saturated carbocycles. The highest BCUT2D eigenvalue weighted by Gasteiger charge is 2.16. The van der Waals surface area contributed by atoms with E-state index in [1.807, 2.05) is 39.0 Å². The van der Waals surface area contributed by atoms with E-state index in [2.05, 4.69) is 25.3 Å². The van der Waals surface area contributed by atoms with Gasteiger partial charge in [-0.1, -0.05) is 0 Å². The Morgan fingerprint density at radius 3 is 2.60 bits per heavy atom. The van der Waals surface area contributed by atoms with Crippen LogP contribution in [0.5, 0.6) is 0 Å². The SMILES string of the molecule is Cc1cc(C)n(-c2cc(NC(=O)CCCN3CCCC3)nc(-c3ccc(C)o3)n2)n1. The molecule has 4 heterocycles. The van der Waals surface area contributed by atoms with Crippen molar-refractivity contribution in [3.05, 3.63) is 41.4 Å². The molecule has 4 rings (SSSR count). The number of likely N-dealkylation sites (tertiary alicyclic amines) is 1. The zero-order chi connectivity index (χ0) is 21.1. The maximum absolute atomic E-state index is 12.5. The lowest BCUT2D eigenvalue weighted by atomic mass is 10.3. The maximum Gasteiger partial charge on any atom is 0.225 e. The van der Waals surface area contributed by atoms with Gasteiger partial charge in [-0.3, -0.25) is 4.79 Å². The van der Waals surface area contributed by atoms with Crippen molar-refractivity contribution in [1.29, 1.82) is 0 Å². The summed E-state index contributed by atoms with van der Waals surface area (Å²) in [5, 5.41) is 7.44. The normalized spacial score (nSPS) is 14.4. The molecule has 8 nitrogen and oxygen atoms in total. The summed E-state index contributed by atoms with van der Waals surface area (Å²) in [6.07, 6.45) is 3.82. The first kappa shape index (κ1) is 20.3. The lowest BCUT2D eigenvalue weighted by Gasteiger charge is -2.14. The van der Waals surface area contributed by atoms with Gasteiger partial charge >= 0.3 is 0 Å². The third-order valence-electron chi connectivity index (χ3n) is 5.24. The molecule has 8 heteroatoms. The zero-order valence-electron chi connectivity index (χ0n) is 17.8. The molecule has 0 spiro atoms. The van der Waals surface area contributed by atoms with Gasteiger partial charge in [-0.25, -0.2) is 14.6 Å². The number of furan rings is 1. The van der Waals surface area contributed by atoms with Crippen LogP contribution < -0.4 is 5.32 Å². The number of hydrogen-bond donors (Lipinski definition) is 1. The average Bonchev–Trinajstić information content (AvgIpc) is 3.43. The van der Waals surface area contributed by atoms with E-state index in [4.69, 9.17) is 4.42 Å². The minimum Gasteiger partial charge on any atom is -0.458 e. The van der Waals surface area contributed by atoms with Crippen molar-refractivity contribution in [1.82, 2.24) is 24.6 Å². The Bertz CT molecular complexity index is 1030. The highest BCUT2D eigenvalue weighted by molar-refractivity contribution is 5.90. The number of aryl methyl sites for hydroxylation is 3. The largest absolute Gasteiger partial charge is 0.458 e. The molecule has 0 bridgehead atoms. The Labute approximate surface area is 176 Å². The summed E-state index contributed by atoms with van der Waals surface area (Å²) in [6, 6.07) is 7.43. The number of nitrogens with one attached hydrogen (secondary N) is 1. The fourth-order valence-electron chi connectivity index (χ4n) is 3.81. The van der Waals surface area contributed by atoms with Crippen LogP contribution in [0.15, 0.2) is 28.7 Å². The number of aromatic nitrogens is 4. The summed E-state index contributed by atoms with van der Waals surface area (Å²) >= 11 is 0. The molecule has 1 aliphatic heterocycles. The fraction of sp³-hybridized carbons (Fsp3) is 0.455. The van der Waals surface area contributed by atoms with Crippen LogP contribution in [0.1, 0.15) is 42.8 Å². The molecule has 158 valence electrons. The Morgan fingerprint density at radius 2 is 1.93 bits per heavy atom. The van der Waals surface area contributed by atoms with Gasteiger partial charge in [0.05, 0.1) is 5.69 Å². The minimum absolute atomic E-state index is 0.0474. The molecular formula is C22H28N6O2. The van der Waals surface area contributed by atoms with Gasteiger partial charge in [-0.15, -0.1) is 0 Å². The molecule has 1 fully saturated rings. The van der Waals surface area contributed by atoms with Gasteiger partial charge in [0, 0.05) is 18.2 Å². The number of carbonyl (C=O) groups excluding carboxylic acids is 1. The van der Waals surface area contributed by atoms with Gasteiger partial charge in [0.2, 0.25) is 5.91 Å². The van der Waals surface area contributed by atoms with E-state index in [0.29, 0.717) is 29.6 Å². The van der Waals surface area contributed by atoms with Crippen molar-refractivity contribution in [2.24, 2.45) is 0 Å². The number of nitrogens with zero attached hydrogens (tertiary/aromatic N) is 5. The van der Waals surface area contributed by atoms with Crippen LogP contribution in [-0.4, -0.2) is 50.2 Å². The first-order valence-electron chi connectivity index (χ1n) is 10.5. The molecule has 0 unspecified atom stereocenters. The Hall–Kier alpha value is -3.00. The number of rotatable bonds is 7. The summed E-state index contributed by atoms with van der Waals surface area (Å²) < 4.78 is 7.45. The van der Waals surface area contributed by atoms with E-state index in [9.17, 15) is 4.79 Å². The van der Waals surface area contributed by atoms with Crippen LogP contribution in [0.2, 0.25) is 0 Å². The van der Waals surface area contributed by atoms with E-state index in [1.54, 1.807) is 10.7 Å². The van der Waals surface area contributed by atoms with Crippen LogP contribution in [-0.2, 0) is 4.79 Å². The minimum atomic E-state index is -0.0474. The van der Waals surface area contributed by atoms with Crippen LogP contribution in [0.4, 0.5) is 5.82 Å². The molecule has 30 heavy (non-hydrogen) atoms.